The third kappa shape index (κ3) is 5.30. The summed E-state index contributed by atoms with van der Waals surface area (Å²) in [7, 11) is -0.731. The molecule has 0 bridgehead atoms. The number of anilines is 1. The highest BCUT2D eigenvalue weighted by molar-refractivity contribution is 7.98. The van der Waals surface area contributed by atoms with Crippen LogP contribution in [0.4, 0.5) is 5.69 Å². The van der Waals surface area contributed by atoms with E-state index in [0.29, 0.717) is 5.56 Å². The topological polar surface area (TPSA) is 38.3 Å². The fourth-order valence-electron chi connectivity index (χ4n) is 4.08. The summed E-state index contributed by atoms with van der Waals surface area (Å²) in [6.45, 7) is 2.05. The molecule has 0 saturated heterocycles. The van der Waals surface area contributed by atoms with Crippen molar-refractivity contribution in [3.8, 4) is 0 Å². The van der Waals surface area contributed by atoms with Crippen LogP contribution in [0.3, 0.4) is 0 Å². The first-order valence-corrected chi connectivity index (χ1v) is 12.7. The molecule has 0 aliphatic heterocycles. The SMILES string of the molecule is COC(=O)c1ccccc1N/C(C)=C/[P+](c1ccccc1)(c1ccccc1)c1ccccc1.[Br-]. The number of para-hydroxylation sites is 1. The average Bonchev–Trinajstić information content (AvgIpc) is 2.88. The molecule has 3 nitrogen and oxygen atoms in total. The number of ether oxygens (including phenoxy) is 1. The highest BCUT2D eigenvalue weighted by Gasteiger charge is 2.43. The van der Waals surface area contributed by atoms with Gasteiger partial charge in [0, 0.05) is 5.70 Å². The minimum atomic E-state index is -2.13. The van der Waals surface area contributed by atoms with Gasteiger partial charge in [0.05, 0.1) is 24.2 Å². The number of hydrogen-bond acceptors (Lipinski definition) is 3. The predicted octanol–water partition coefficient (Wildman–Crippen LogP) is 2.74. The maximum absolute atomic E-state index is 12.3. The van der Waals surface area contributed by atoms with Gasteiger partial charge in [-0.2, -0.15) is 0 Å². The summed E-state index contributed by atoms with van der Waals surface area (Å²) in [5, 5.41) is 7.28. The average molecular weight is 532 g/mol. The Balaban J connectivity index is 0.00000324. The lowest BCUT2D eigenvalue weighted by Gasteiger charge is -2.25. The molecule has 0 heterocycles. The number of allylic oxidation sites excluding steroid dienone is 1. The predicted molar refractivity (Wildman–Crippen MR) is 140 cm³/mol. The summed E-state index contributed by atoms with van der Waals surface area (Å²) in [4.78, 5) is 12.3. The van der Waals surface area contributed by atoms with Crippen LogP contribution in [-0.4, -0.2) is 13.1 Å². The maximum Gasteiger partial charge on any atom is 0.339 e. The summed E-state index contributed by atoms with van der Waals surface area (Å²) in [5.74, 6) is 1.99. The van der Waals surface area contributed by atoms with Crippen LogP contribution in [0.15, 0.2) is 127 Å². The van der Waals surface area contributed by atoms with Crippen LogP contribution in [0.1, 0.15) is 17.3 Å². The van der Waals surface area contributed by atoms with E-state index >= 15 is 0 Å². The van der Waals surface area contributed by atoms with E-state index in [9.17, 15) is 4.79 Å². The highest BCUT2D eigenvalue weighted by Crippen LogP contribution is 2.57. The molecular formula is C29H27BrNO2P. The van der Waals surface area contributed by atoms with Crippen molar-refractivity contribution >= 4 is 34.8 Å². The second-order valence-corrected chi connectivity index (χ2v) is 11.0. The van der Waals surface area contributed by atoms with Gasteiger partial charge in [-0.3, -0.25) is 0 Å². The van der Waals surface area contributed by atoms with Crippen molar-refractivity contribution in [2.45, 2.75) is 6.92 Å². The lowest BCUT2D eigenvalue weighted by molar-refractivity contribution is -0.0000212. The van der Waals surface area contributed by atoms with E-state index in [1.807, 2.05) is 18.2 Å². The molecule has 0 saturated carbocycles. The van der Waals surface area contributed by atoms with Crippen molar-refractivity contribution in [3.63, 3.8) is 0 Å². The van der Waals surface area contributed by atoms with E-state index in [-0.39, 0.29) is 23.0 Å². The quantitative estimate of drug-likeness (QED) is 0.294. The van der Waals surface area contributed by atoms with E-state index < -0.39 is 7.26 Å². The van der Waals surface area contributed by atoms with Crippen molar-refractivity contribution in [1.82, 2.24) is 0 Å². The van der Waals surface area contributed by atoms with E-state index in [4.69, 9.17) is 4.74 Å². The largest absolute Gasteiger partial charge is 1.00 e. The van der Waals surface area contributed by atoms with Crippen LogP contribution in [0, 0.1) is 0 Å². The number of halogens is 1. The minimum absolute atomic E-state index is 0. The Labute approximate surface area is 212 Å². The first-order valence-electron chi connectivity index (χ1n) is 10.8. The van der Waals surface area contributed by atoms with Crippen LogP contribution in [0.5, 0.6) is 0 Å². The van der Waals surface area contributed by atoms with Gasteiger partial charge in [-0.15, -0.1) is 0 Å². The van der Waals surface area contributed by atoms with Gasteiger partial charge in [0.25, 0.3) is 0 Å². The monoisotopic (exact) mass is 531 g/mol. The van der Waals surface area contributed by atoms with Gasteiger partial charge in [0.1, 0.15) is 23.2 Å². The smallest absolute Gasteiger partial charge is 0.339 e. The zero-order valence-corrected chi connectivity index (χ0v) is 21.7. The first-order chi connectivity index (χ1) is 16.1. The maximum atomic E-state index is 12.3. The molecule has 0 amide bonds. The fraction of sp³-hybridized carbons (Fsp3) is 0.0690. The molecule has 4 aromatic carbocycles. The second kappa shape index (κ2) is 11.8. The minimum Gasteiger partial charge on any atom is -1.00 e. The molecule has 172 valence electrons. The number of carbonyl (C=O) groups excluding carboxylic acids is 1. The number of rotatable bonds is 7. The van der Waals surface area contributed by atoms with Crippen LogP contribution < -0.4 is 38.2 Å². The summed E-state index contributed by atoms with van der Waals surface area (Å²) < 4.78 is 4.98. The molecule has 0 aliphatic rings. The summed E-state index contributed by atoms with van der Waals surface area (Å²) in [6, 6.07) is 39.4. The van der Waals surface area contributed by atoms with E-state index in [1.54, 1.807) is 6.07 Å². The number of benzene rings is 4. The molecule has 4 rings (SSSR count). The summed E-state index contributed by atoms with van der Waals surface area (Å²) in [5.41, 5.74) is 2.21. The Kier molecular flexibility index (Phi) is 8.81. The third-order valence-corrected chi connectivity index (χ3v) is 9.65. The van der Waals surface area contributed by atoms with E-state index in [2.05, 4.69) is 109 Å². The number of hydrogen-bond donors (Lipinski definition) is 1. The van der Waals surface area contributed by atoms with Gasteiger partial charge in [-0.1, -0.05) is 66.7 Å². The lowest BCUT2D eigenvalue weighted by atomic mass is 10.2. The van der Waals surface area contributed by atoms with Crippen molar-refractivity contribution in [1.29, 1.82) is 0 Å². The van der Waals surface area contributed by atoms with Gasteiger partial charge < -0.3 is 27.0 Å². The molecule has 0 spiro atoms. The molecule has 0 fully saturated rings. The molecular weight excluding hydrogens is 505 g/mol. The molecule has 0 atom stereocenters. The molecule has 0 aromatic heterocycles. The molecule has 1 N–H and O–H groups in total. The Morgan fingerprint density at radius 1 is 0.706 bits per heavy atom. The van der Waals surface area contributed by atoms with Gasteiger partial charge in [-0.05, 0) is 55.5 Å². The van der Waals surface area contributed by atoms with Gasteiger partial charge in [0.2, 0.25) is 0 Å². The van der Waals surface area contributed by atoms with Crippen LogP contribution in [-0.2, 0) is 4.74 Å². The molecule has 0 radical (unpaired) electrons. The molecule has 34 heavy (non-hydrogen) atoms. The lowest BCUT2D eigenvalue weighted by Crippen LogP contribution is -3.00. The zero-order valence-electron chi connectivity index (χ0n) is 19.2. The van der Waals surface area contributed by atoms with Crippen LogP contribution in [0.25, 0.3) is 0 Å². The van der Waals surface area contributed by atoms with Crippen molar-refractivity contribution in [2.75, 3.05) is 12.4 Å². The fourth-order valence-corrected chi connectivity index (χ4v) is 7.99. The summed E-state index contributed by atoms with van der Waals surface area (Å²) >= 11 is 0. The number of carbonyl (C=O) groups is 1. The van der Waals surface area contributed by atoms with Gasteiger partial charge >= 0.3 is 5.97 Å². The van der Waals surface area contributed by atoms with Crippen molar-refractivity contribution in [2.24, 2.45) is 0 Å². The normalized spacial score (nSPS) is 11.3. The van der Waals surface area contributed by atoms with Crippen molar-refractivity contribution in [3.05, 3.63) is 132 Å². The molecule has 5 heteroatoms. The molecule has 0 unspecified atom stereocenters. The highest BCUT2D eigenvalue weighted by atomic mass is 79.9. The van der Waals surface area contributed by atoms with Gasteiger partial charge in [0.15, 0.2) is 0 Å². The summed E-state index contributed by atoms with van der Waals surface area (Å²) in [6.07, 6.45) is 0. The van der Waals surface area contributed by atoms with E-state index in [0.717, 1.165) is 11.4 Å². The zero-order chi connectivity index (χ0) is 23.1. The Bertz CT molecular complexity index is 1150. The van der Waals surface area contributed by atoms with Crippen LogP contribution >= 0.6 is 7.26 Å². The number of nitrogens with one attached hydrogen (secondary N) is 1. The second-order valence-electron chi connectivity index (χ2n) is 7.70. The molecule has 0 aliphatic carbocycles. The van der Waals surface area contributed by atoms with E-state index in [1.165, 1.54) is 23.0 Å². The Morgan fingerprint density at radius 2 is 1.12 bits per heavy atom. The standard InChI is InChI=1S/C29H26NO2P.BrH/c1-23(30-28-21-13-12-20-27(28)29(31)32-2)22-33(24-14-6-3-7-15-24,25-16-8-4-9-17-25)26-18-10-5-11-19-26;/h3-22H,1-2H3;1H/b23-22+;. The third-order valence-electron chi connectivity index (χ3n) is 5.54. The molecule has 4 aromatic rings. The van der Waals surface area contributed by atoms with Gasteiger partial charge in [-0.25, -0.2) is 4.79 Å². The number of methoxy groups -OCH3 is 1. The Morgan fingerprint density at radius 3 is 1.56 bits per heavy atom. The number of esters is 1. The van der Waals surface area contributed by atoms with Crippen LogP contribution in [0.2, 0.25) is 0 Å². The van der Waals surface area contributed by atoms with Crippen molar-refractivity contribution < 1.29 is 26.5 Å². The Hall–Kier alpha value is -3.20. The first kappa shape index (κ1) is 25.4.